The standard InChI is InChI=1S/C15H25N3/c1-3-7-13-10-15(17-11-16-13)18-14-9-6-4-5-8-12(14)2/h10-12,14H,3-9H2,1-2H3,(H,16,17,18). The van der Waals surface area contributed by atoms with Crippen LogP contribution >= 0.6 is 0 Å². The van der Waals surface area contributed by atoms with Crippen LogP contribution in [-0.2, 0) is 6.42 Å². The number of aromatic nitrogens is 2. The molecule has 0 radical (unpaired) electrons. The Bertz CT molecular complexity index is 365. The molecule has 2 atom stereocenters. The molecule has 1 aliphatic rings. The van der Waals surface area contributed by atoms with Crippen molar-refractivity contribution in [2.75, 3.05) is 5.32 Å². The molecule has 1 aromatic rings. The molecule has 3 nitrogen and oxygen atoms in total. The van der Waals surface area contributed by atoms with Crippen molar-refractivity contribution in [1.82, 2.24) is 9.97 Å². The monoisotopic (exact) mass is 247 g/mol. The second-order valence-corrected chi connectivity index (χ2v) is 5.51. The average Bonchev–Trinajstić information content (AvgIpc) is 2.56. The van der Waals surface area contributed by atoms with Gasteiger partial charge in [-0.25, -0.2) is 9.97 Å². The molecule has 1 saturated carbocycles. The first-order valence-corrected chi connectivity index (χ1v) is 7.37. The lowest BCUT2D eigenvalue weighted by atomic mass is 9.97. The molecule has 2 unspecified atom stereocenters. The molecule has 1 fully saturated rings. The highest BCUT2D eigenvalue weighted by Crippen LogP contribution is 2.25. The third-order valence-corrected chi connectivity index (χ3v) is 3.92. The van der Waals surface area contributed by atoms with Crippen LogP contribution in [0, 0.1) is 5.92 Å². The Hall–Kier alpha value is -1.12. The SMILES string of the molecule is CCCc1cc(NC2CCCCCC2C)ncn1. The van der Waals surface area contributed by atoms with Crippen LogP contribution in [0.5, 0.6) is 0 Å². The minimum absolute atomic E-state index is 0.580. The van der Waals surface area contributed by atoms with Gasteiger partial charge in [-0.3, -0.25) is 0 Å². The second-order valence-electron chi connectivity index (χ2n) is 5.51. The second kappa shape index (κ2) is 6.72. The Morgan fingerprint density at radius 3 is 2.89 bits per heavy atom. The van der Waals surface area contributed by atoms with Gasteiger partial charge < -0.3 is 5.32 Å². The lowest BCUT2D eigenvalue weighted by Crippen LogP contribution is -2.26. The summed E-state index contributed by atoms with van der Waals surface area (Å²) in [6.45, 7) is 4.54. The molecule has 3 heteroatoms. The summed E-state index contributed by atoms with van der Waals surface area (Å²) < 4.78 is 0. The fourth-order valence-electron chi connectivity index (χ4n) is 2.77. The van der Waals surface area contributed by atoms with Gasteiger partial charge >= 0.3 is 0 Å². The predicted molar refractivity (Wildman–Crippen MR) is 75.7 cm³/mol. The molecule has 0 saturated heterocycles. The number of rotatable bonds is 4. The lowest BCUT2D eigenvalue weighted by Gasteiger charge is -2.23. The number of nitrogens with one attached hydrogen (secondary N) is 1. The quantitative estimate of drug-likeness (QED) is 0.822. The van der Waals surface area contributed by atoms with Crippen molar-refractivity contribution in [2.45, 2.75) is 64.8 Å². The van der Waals surface area contributed by atoms with Crippen LogP contribution in [-0.4, -0.2) is 16.0 Å². The minimum atomic E-state index is 0.580. The molecule has 100 valence electrons. The molecule has 1 N–H and O–H groups in total. The number of hydrogen-bond donors (Lipinski definition) is 1. The molecule has 1 aliphatic carbocycles. The Morgan fingerprint density at radius 2 is 2.06 bits per heavy atom. The number of hydrogen-bond acceptors (Lipinski definition) is 3. The van der Waals surface area contributed by atoms with Crippen molar-refractivity contribution in [3.8, 4) is 0 Å². The van der Waals surface area contributed by atoms with Crippen molar-refractivity contribution in [2.24, 2.45) is 5.92 Å². The molecule has 1 heterocycles. The highest BCUT2D eigenvalue weighted by atomic mass is 15.0. The van der Waals surface area contributed by atoms with Gasteiger partial charge in [-0.1, -0.05) is 39.5 Å². The normalized spacial score (nSPS) is 24.6. The molecule has 0 bridgehead atoms. The molecule has 0 aromatic carbocycles. The first-order valence-electron chi connectivity index (χ1n) is 7.37. The van der Waals surface area contributed by atoms with E-state index in [2.05, 4.69) is 35.2 Å². The third kappa shape index (κ3) is 3.69. The number of aryl methyl sites for hydroxylation is 1. The van der Waals surface area contributed by atoms with Gasteiger partial charge in [0.15, 0.2) is 0 Å². The van der Waals surface area contributed by atoms with Crippen LogP contribution < -0.4 is 5.32 Å². The van der Waals surface area contributed by atoms with Gasteiger partial charge in [0.2, 0.25) is 0 Å². The summed E-state index contributed by atoms with van der Waals surface area (Å²) >= 11 is 0. The van der Waals surface area contributed by atoms with Crippen molar-refractivity contribution >= 4 is 5.82 Å². The van der Waals surface area contributed by atoms with E-state index in [4.69, 9.17) is 0 Å². The number of nitrogens with zero attached hydrogens (tertiary/aromatic N) is 2. The van der Waals surface area contributed by atoms with E-state index in [1.54, 1.807) is 6.33 Å². The Kier molecular flexibility index (Phi) is 4.97. The summed E-state index contributed by atoms with van der Waals surface area (Å²) in [5, 5.41) is 3.62. The smallest absolute Gasteiger partial charge is 0.129 e. The molecule has 0 aliphatic heterocycles. The maximum Gasteiger partial charge on any atom is 0.129 e. The zero-order valence-electron chi connectivity index (χ0n) is 11.7. The zero-order valence-corrected chi connectivity index (χ0v) is 11.7. The summed E-state index contributed by atoms with van der Waals surface area (Å²) in [6, 6.07) is 2.69. The largest absolute Gasteiger partial charge is 0.367 e. The fourth-order valence-corrected chi connectivity index (χ4v) is 2.77. The van der Waals surface area contributed by atoms with Crippen molar-refractivity contribution in [3.05, 3.63) is 18.1 Å². The Balaban J connectivity index is 2.00. The van der Waals surface area contributed by atoms with E-state index < -0.39 is 0 Å². The molecule has 0 spiro atoms. The third-order valence-electron chi connectivity index (χ3n) is 3.92. The van der Waals surface area contributed by atoms with Gasteiger partial charge in [0.25, 0.3) is 0 Å². The van der Waals surface area contributed by atoms with E-state index >= 15 is 0 Å². The molecule has 1 aromatic heterocycles. The number of anilines is 1. The topological polar surface area (TPSA) is 37.8 Å². The van der Waals surface area contributed by atoms with E-state index in [0.717, 1.165) is 30.3 Å². The average molecular weight is 247 g/mol. The summed E-state index contributed by atoms with van der Waals surface area (Å²) in [6.07, 6.45) is 10.6. The van der Waals surface area contributed by atoms with Gasteiger partial charge in [-0.2, -0.15) is 0 Å². The van der Waals surface area contributed by atoms with Gasteiger partial charge in [0.05, 0.1) is 0 Å². The first-order chi connectivity index (χ1) is 8.79. The van der Waals surface area contributed by atoms with E-state index in [1.165, 1.54) is 32.1 Å². The van der Waals surface area contributed by atoms with Gasteiger partial charge in [0, 0.05) is 17.8 Å². The Labute approximate surface area is 110 Å². The maximum absolute atomic E-state index is 4.36. The van der Waals surface area contributed by atoms with Gasteiger partial charge in [0.1, 0.15) is 12.1 Å². The molecular weight excluding hydrogens is 222 g/mol. The van der Waals surface area contributed by atoms with Crippen LogP contribution in [0.4, 0.5) is 5.82 Å². The summed E-state index contributed by atoms with van der Waals surface area (Å²) in [5.41, 5.74) is 1.15. The van der Waals surface area contributed by atoms with Gasteiger partial charge in [-0.15, -0.1) is 0 Å². The van der Waals surface area contributed by atoms with Crippen LogP contribution in [0.1, 0.15) is 58.1 Å². The van der Waals surface area contributed by atoms with Crippen molar-refractivity contribution in [1.29, 1.82) is 0 Å². The lowest BCUT2D eigenvalue weighted by molar-refractivity contribution is 0.455. The summed E-state index contributed by atoms with van der Waals surface area (Å²) in [5.74, 6) is 1.75. The highest BCUT2D eigenvalue weighted by molar-refractivity contribution is 5.36. The van der Waals surface area contributed by atoms with Crippen LogP contribution in [0.3, 0.4) is 0 Å². The highest BCUT2D eigenvalue weighted by Gasteiger charge is 2.19. The summed E-state index contributed by atoms with van der Waals surface area (Å²) in [4.78, 5) is 8.67. The predicted octanol–water partition coefficient (Wildman–Crippen LogP) is 3.81. The van der Waals surface area contributed by atoms with Crippen molar-refractivity contribution in [3.63, 3.8) is 0 Å². The molecule has 18 heavy (non-hydrogen) atoms. The van der Waals surface area contributed by atoms with Crippen LogP contribution in [0.2, 0.25) is 0 Å². The van der Waals surface area contributed by atoms with Crippen molar-refractivity contribution < 1.29 is 0 Å². The molecular formula is C15H25N3. The zero-order chi connectivity index (χ0) is 12.8. The fraction of sp³-hybridized carbons (Fsp3) is 0.733. The first kappa shape index (κ1) is 13.3. The van der Waals surface area contributed by atoms with E-state index in [0.29, 0.717) is 6.04 Å². The van der Waals surface area contributed by atoms with Crippen LogP contribution in [0.25, 0.3) is 0 Å². The Morgan fingerprint density at radius 1 is 1.22 bits per heavy atom. The van der Waals surface area contributed by atoms with Crippen LogP contribution in [0.15, 0.2) is 12.4 Å². The maximum atomic E-state index is 4.36. The summed E-state index contributed by atoms with van der Waals surface area (Å²) in [7, 11) is 0. The van der Waals surface area contributed by atoms with Gasteiger partial charge in [-0.05, 0) is 25.2 Å². The molecule has 2 rings (SSSR count). The van der Waals surface area contributed by atoms with E-state index in [-0.39, 0.29) is 0 Å². The van der Waals surface area contributed by atoms with E-state index in [9.17, 15) is 0 Å². The van der Waals surface area contributed by atoms with E-state index in [1.807, 2.05) is 0 Å². The minimum Gasteiger partial charge on any atom is -0.367 e. The molecule has 0 amide bonds.